The monoisotopic (exact) mass is 336 g/mol. The zero-order valence-corrected chi connectivity index (χ0v) is 13.9. The second-order valence-electron chi connectivity index (χ2n) is 5.36. The molecule has 3 aromatic rings. The Morgan fingerprint density at radius 1 is 1.12 bits per heavy atom. The number of para-hydroxylation sites is 1. The fraction of sp³-hybridized carbons (Fsp3) is 0.111. The Morgan fingerprint density at radius 3 is 2.46 bits per heavy atom. The van der Waals surface area contributed by atoms with Gasteiger partial charge in [-0.05, 0) is 19.1 Å². The number of benzene rings is 2. The van der Waals surface area contributed by atoms with E-state index in [1.54, 1.807) is 12.1 Å². The summed E-state index contributed by atoms with van der Waals surface area (Å²) in [5.41, 5.74) is 2.50. The molecule has 24 heavy (non-hydrogen) atoms. The number of Topliss-reactive ketones (excluding diaryl/α,β-unsaturated/α-hetero) is 1. The van der Waals surface area contributed by atoms with Gasteiger partial charge < -0.3 is 5.32 Å². The minimum absolute atomic E-state index is 0.131. The summed E-state index contributed by atoms with van der Waals surface area (Å²) in [4.78, 5) is 17.3. The molecule has 6 heteroatoms. The SMILES string of the molecule is Cc1ccc(C(=O)[C@@H](C(=S)Nc2ccccc2)n2cncn2)cc1. The molecule has 0 amide bonds. The zero-order valence-electron chi connectivity index (χ0n) is 13.1. The van der Waals surface area contributed by atoms with E-state index in [0.29, 0.717) is 10.6 Å². The molecule has 1 atom stereocenters. The third kappa shape index (κ3) is 3.55. The van der Waals surface area contributed by atoms with E-state index in [4.69, 9.17) is 12.2 Å². The normalized spacial score (nSPS) is 11.7. The number of aromatic nitrogens is 3. The van der Waals surface area contributed by atoms with Crippen LogP contribution in [0.4, 0.5) is 5.69 Å². The summed E-state index contributed by atoms with van der Waals surface area (Å²) < 4.78 is 1.47. The van der Waals surface area contributed by atoms with Crippen LogP contribution in [-0.2, 0) is 0 Å². The minimum Gasteiger partial charge on any atom is -0.348 e. The summed E-state index contributed by atoms with van der Waals surface area (Å²) >= 11 is 5.49. The van der Waals surface area contributed by atoms with E-state index in [9.17, 15) is 4.79 Å². The average Bonchev–Trinajstić information content (AvgIpc) is 3.10. The lowest BCUT2D eigenvalue weighted by Crippen LogP contribution is -2.31. The quantitative estimate of drug-likeness (QED) is 0.571. The number of thiocarbonyl (C=S) groups is 1. The summed E-state index contributed by atoms with van der Waals surface area (Å²) in [6.07, 6.45) is 2.89. The second-order valence-corrected chi connectivity index (χ2v) is 5.80. The maximum Gasteiger partial charge on any atom is 0.194 e. The summed E-state index contributed by atoms with van der Waals surface area (Å²) in [7, 11) is 0. The first-order chi connectivity index (χ1) is 11.6. The van der Waals surface area contributed by atoms with E-state index in [2.05, 4.69) is 15.4 Å². The molecule has 0 aliphatic rings. The fourth-order valence-electron chi connectivity index (χ4n) is 2.32. The Labute approximate surface area is 145 Å². The molecule has 3 rings (SSSR count). The van der Waals surface area contributed by atoms with Crippen molar-refractivity contribution >= 4 is 28.7 Å². The van der Waals surface area contributed by atoms with Gasteiger partial charge in [0.1, 0.15) is 17.6 Å². The molecule has 0 radical (unpaired) electrons. The van der Waals surface area contributed by atoms with Crippen molar-refractivity contribution in [2.45, 2.75) is 13.0 Å². The van der Waals surface area contributed by atoms with Crippen molar-refractivity contribution in [1.82, 2.24) is 14.8 Å². The van der Waals surface area contributed by atoms with E-state index < -0.39 is 6.04 Å². The van der Waals surface area contributed by atoms with Crippen LogP contribution >= 0.6 is 12.2 Å². The lowest BCUT2D eigenvalue weighted by atomic mass is 10.0. The van der Waals surface area contributed by atoms with Crippen molar-refractivity contribution in [3.63, 3.8) is 0 Å². The highest BCUT2D eigenvalue weighted by molar-refractivity contribution is 7.80. The zero-order chi connectivity index (χ0) is 16.9. The molecule has 120 valence electrons. The maximum absolute atomic E-state index is 13.0. The highest BCUT2D eigenvalue weighted by Gasteiger charge is 2.27. The molecule has 1 N–H and O–H groups in total. The number of ketones is 1. The van der Waals surface area contributed by atoms with Gasteiger partial charge >= 0.3 is 0 Å². The van der Waals surface area contributed by atoms with Crippen molar-refractivity contribution in [2.75, 3.05) is 5.32 Å². The molecule has 0 fully saturated rings. The number of carbonyl (C=O) groups excluding carboxylic acids is 1. The van der Waals surface area contributed by atoms with Crippen LogP contribution in [0.1, 0.15) is 22.0 Å². The maximum atomic E-state index is 13.0. The number of nitrogens with one attached hydrogen (secondary N) is 1. The highest BCUT2D eigenvalue weighted by Crippen LogP contribution is 2.18. The van der Waals surface area contributed by atoms with E-state index in [0.717, 1.165) is 11.3 Å². The smallest absolute Gasteiger partial charge is 0.194 e. The van der Waals surface area contributed by atoms with Crippen LogP contribution in [0.25, 0.3) is 0 Å². The summed E-state index contributed by atoms with van der Waals surface area (Å²) in [6, 6.07) is 16.2. The Balaban J connectivity index is 1.90. The molecule has 0 saturated heterocycles. The van der Waals surface area contributed by atoms with E-state index >= 15 is 0 Å². The molecule has 0 unspecified atom stereocenters. The Kier molecular flexibility index (Phi) is 4.77. The van der Waals surface area contributed by atoms with Crippen LogP contribution in [0.15, 0.2) is 67.3 Å². The molecular formula is C18H16N4OS. The van der Waals surface area contributed by atoms with Gasteiger partial charge in [0.25, 0.3) is 0 Å². The van der Waals surface area contributed by atoms with Gasteiger partial charge in [0.2, 0.25) is 0 Å². The molecule has 0 spiro atoms. The van der Waals surface area contributed by atoms with Crippen molar-refractivity contribution < 1.29 is 4.79 Å². The standard InChI is InChI=1S/C18H16N4OS/c1-13-7-9-14(10-8-13)17(23)16(22-12-19-11-20-22)18(24)21-15-5-3-2-4-6-15/h2-12,16H,1H3,(H,21,24)/t16-/m0/s1. The lowest BCUT2D eigenvalue weighted by Gasteiger charge is -2.18. The summed E-state index contributed by atoms with van der Waals surface area (Å²) in [5, 5.41) is 7.21. The van der Waals surface area contributed by atoms with Gasteiger partial charge in [-0.25, -0.2) is 9.67 Å². The predicted molar refractivity (Wildman–Crippen MR) is 97.2 cm³/mol. The first-order valence-electron chi connectivity index (χ1n) is 7.46. The predicted octanol–water partition coefficient (Wildman–Crippen LogP) is 3.45. The van der Waals surface area contributed by atoms with Crippen molar-refractivity contribution in [1.29, 1.82) is 0 Å². The van der Waals surface area contributed by atoms with Gasteiger partial charge in [0.15, 0.2) is 11.8 Å². The van der Waals surface area contributed by atoms with Gasteiger partial charge in [-0.3, -0.25) is 4.79 Å². The molecule has 5 nitrogen and oxygen atoms in total. The number of nitrogens with zero attached hydrogens (tertiary/aromatic N) is 3. The van der Waals surface area contributed by atoms with Crippen LogP contribution in [0, 0.1) is 6.92 Å². The van der Waals surface area contributed by atoms with Gasteiger partial charge in [0.05, 0.1) is 0 Å². The first-order valence-corrected chi connectivity index (χ1v) is 7.87. The van der Waals surface area contributed by atoms with Crippen LogP contribution in [0.2, 0.25) is 0 Å². The van der Waals surface area contributed by atoms with Crippen molar-refractivity contribution in [2.24, 2.45) is 0 Å². The number of carbonyl (C=O) groups is 1. The van der Waals surface area contributed by atoms with Gasteiger partial charge in [-0.1, -0.05) is 60.2 Å². The van der Waals surface area contributed by atoms with E-state index in [1.165, 1.54) is 17.3 Å². The van der Waals surface area contributed by atoms with Crippen LogP contribution in [-0.4, -0.2) is 25.5 Å². The number of hydrogen-bond acceptors (Lipinski definition) is 4. The van der Waals surface area contributed by atoms with Gasteiger partial charge in [-0.2, -0.15) is 5.10 Å². The minimum atomic E-state index is -0.745. The fourth-order valence-corrected chi connectivity index (χ4v) is 2.65. The number of aryl methyl sites for hydroxylation is 1. The molecule has 2 aromatic carbocycles. The first kappa shape index (κ1) is 16.0. The third-order valence-corrected chi connectivity index (χ3v) is 3.90. The Bertz CT molecular complexity index is 829. The van der Waals surface area contributed by atoms with Crippen LogP contribution < -0.4 is 5.32 Å². The van der Waals surface area contributed by atoms with Crippen LogP contribution in [0.3, 0.4) is 0 Å². The molecule has 1 aromatic heterocycles. The highest BCUT2D eigenvalue weighted by atomic mass is 32.1. The molecule has 0 aliphatic carbocycles. The molecule has 0 saturated carbocycles. The number of anilines is 1. The third-order valence-electron chi connectivity index (χ3n) is 3.58. The molecule has 0 aliphatic heterocycles. The Hall–Kier alpha value is -2.86. The lowest BCUT2D eigenvalue weighted by molar-refractivity contribution is 0.0953. The number of rotatable bonds is 5. The molecule has 0 bridgehead atoms. The summed E-state index contributed by atoms with van der Waals surface area (Å²) in [6.45, 7) is 1.98. The second kappa shape index (κ2) is 7.14. The summed E-state index contributed by atoms with van der Waals surface area (Å²) in [5.74, 6) is -0.131. The molecular weight excluding hydrogens is 320 g/mol. The van der Waals surface area contributed by atoms with Crippen molar-refractivity contribution in [3.05, 3.63) is 78.4 Å². The van der Waals surface area contributed by atoms with Crippen LogP contribution in [0.5, 0.6) is 0 Å². The van der Waals surface area contributed by atoms with Gasteiger partial charge in [-0.15, -0.1) is 0 Å². The largest absolute Gasteiger partial charge is 0.348 e. The van der Waals surface area contributed by atoms with Gasteiger partial charge in [0, 0.05) is 11.3 Å². The topological polar surface area (TPSA) is 59.8 Å². The van der Waals surface area contributed by atoms with Crippen molar-refractivity contribution in [3.8, 4) is 0 Å². The molecule has 1 heterocycles. The Morgan fingerprint density at radius 2 is 1.83 bits per heavy atom. The average molecular weight is 336 g/mol. The number of hydrogen-bond donors (Lipinski definition) is 1. The van der Waals surface area contributed by atoms with E-state index in [1.807, 2.05) is 49.4 Å². The van der Waals surface area contributed by atoms with E-state index in [-0.39, 0.29) is 5.78 Å².